The Bertz CT molecular complexity index is 621. The first kappa shape index (κ1) is 17.1. The molecule has 2 aromatic heterocycles. The van der Waals surface area contributed by atoms with Crippen molar-refractivity contribution in [3.8, 4) is 0 Å². The van der Waals surface area contributed by atoms with E-state index in [1.165, 1.54) is 9.78 Å². The Morgan fingerprint density at radius 3 is 2.74 bits per heavy atom. The van der Waals surface area contributed by atoms with E-state index in [1.807, 2.05) is 35.5 Å². The fourth-order valence-corrected chi connectivity index (χ4v) is 2.53. The maximum absolute atomic E-state index is 11.8. The van der Waals surface area contributed by atoms with Gasteiger partial charge in [0.15, 0.2) is 5.96 Å². The van der Waals surface area contributed by atoms with Crippen molar-refractivity contribution in [3.05, 3.63) is 46.5 Å². The van der Waals surface area contributed by atoms with Gasteiger partial charge in [0, 0.05) is 26.0 Å². The molecule has 0 unspecified atom stereocenters. The van der Waals surface area contributed by atoms with Crippen LogP contribution in [0.15, 0.2) is 45.3 Å². The minimum Gasteiger partial charge on any atom is -0.467 e. The monoisotopic (exact) mass is 334 g/mol. The number of furan rings is 1. The lowest BCUT2D eigenvalue weighted by Gasteiger charge is -2.21. The van der Waals surface area contributed by atoms with Gasteiger partial charge >= 0.3 is 0 Å². The van der Waals surface area contributed by atoms with Crippen molar-refractivity contribution in [2.24, 2.45) is 4.99 Å². The van der Waals surface area contributed by atoms with Crippen LogP contribution in [0.3, 0.4) is 0 Å². The molecule has 0 fully saturated rings. The third-order valence-corrected chi connectivity index (χ3v) is 4.07. The molecule has 124 valence electrons. The molecule has 2 rings (SSSR count). The maximum Gasteiger partial charge on any atom is 0.243 e. The van der Waals surface area contributed by atoms with Crippen LogP contribution in [0.1, 0.15) is 10.6 Å². The van der Waals surface area contributed by atoms with E-state index in [0.717, 1.165) is 5.76 Å². The molecule has 0 atom stereocenters. The zero-order valence-electron chi connectivity index (χ0n) is 13.7. The summed E-state index contributed by atoms with van der Waals surface area (Å²) < 4.78 is 5.37. The number of carbonyl (C=O) groups excluding carboxylic acids is 1. The minimum absolute atomic E-state index is 0.0353. The lowest BCUT2D eigenvalue weighted by Crippen LogP contribution is -2.39. The Hall–Kier alpha value is -2.28. The van der Waals surface area contributed by atoms with Crippen molar-refractivity contribution in [3.63, 3.8) is 0 Å². The van der Waals surface area contributed by atoms with E-state index < -0.39 is 0 Å². The van der Waals surface area contributed by atoms with Gasteiger partial charge in [-0.25, -0.2) is 4.99 Å². The van der Waals surface area contributed by atoms with Crippen LogP contribution in [0.5, 0.6) is 0 Å². The molecule has 0 saturated heterocycles. The number of nitrogens with one attached hydrogen (secondary N) is 1. The van der Waals surface area contributed by atoms with E-state index >= 15 is 0 Å². The summed E-state index contributed by atoms with van der Waals surface area (Å²) in [5.74, 6) is 1.48. The molecule has 23 heavy (non-hydrogen) atoms. The van der Waals surface area contributed by atoms with E-state index in [4.69, 9.17) is 4.42 Å². The highest BCUT2D eigenvalue weighted by molar-refractivity contribution is 7.09. The topological polar surface area (TPSA) is 61.1 Å². The number of aliphatic imine (C=N–C) groups is 1. The van der Waals surface area contributed by atoms with Crippen molar-refractivity contribution in [2.75, 3.05) is 27.7 Å². The highest BCUT2D eigenvalue weighted by Gasteiger charge is 2.11. The van der Waals surface area contributed by atoms with Gasteiger partial charge in [-0.05, 0) is 23.6 Å². The van der Waals surface area contributed by atoms with Gasteiger partial charge < -0.3 is 19.5 Å². The Labute approximate surface area is 140 Å². The molecule has 0 saturated carbocycles. The Morgan fingerprint density at radius 1 is 1.30 bits per heavy atom. The molecule has 7 heteroatoms. The number of guanidine groups is 1. The van der Waals surface area contributed by atoms with Crippen molar-refractivity contribution in [1.29, 1.82) is 0 Å². The molecule has 0 aromatic carbocycles. The molecule has 6 nitrogen and oxygen atoms in total. The molecule has 1 N–H and O–H groups in total. The zero-order valence-corrected chi connectivity index (χ0v) is 14.5. The van der Waals surface area contributed by atoms with Gasteiger partial charge in [-0.1, -0.05) is 6.07 Å². The van der Waals surface area contributed by atoms with Gasteiger partial charge in [0.25, 0.3) is 0 Å². The van der Waals surface area contributed by atoms with Gasteiger partial charge in [-0.2, -0.15) is 0 Å². The molecular weight excluding hydrogens is 312 g/mol. The third-order valence-electron chi connectivity index (χ3n) is 3.20. The van der Waals surface area contributed by atoms with Gasteiger partial charge in [-0.15, -0.1) is 11.3 Å². The molecule has 2 aromatic rings. The first-order chi connectivity index (χ1) is 11.1. The molecule has 2 heterocycles. The fraction of sp³-hybridized carbons (Fsp3) is 0.375. The van der Waals surface area contributed by atoms with Gasteiger partial charge in [0.05, 0.1) is 19.4 Å². The average Bonchev–Trinajstić information content (AvgIpc) is 3.20. The van der Waals surface area contributed by atoms with Crippen molar-refractivity contribution in [1.82, 2.24) is 15.1 Å². The molecular formula is C16H22N4O2S. The lowest BCUT2D eigenvalue weighted by atomic mass is 10.4. The maximum atomic E-state index is 11.8. The van der Waals surface area contributed by atoms with Crippen LogP contribution < -0.4 is 5.32 Å². The molecule has 0 aliphatic rings. The molecule has 0 aliphatic heterocycles. The first-order valence-corrected chi connectivity index (χ1v) is 8.18. The van der Waals surface area contributed by atoms with Crippen molar-refractivity contribution < 1.29 is 9.21 Å². The van der Waals surface area contributed by atoms with E-state index in [0.29, 0.717) is 19.0 Å². The minimum atomic E-state index is -0.0353. The largest absolute Gasteiger partial charge is 0.467 e. The molecule has 0 aliphatic carbocycles. The van der Waals surface area contributed by atoms with Crippen LogP contribution in [-0.2, 0) is 17.9 Å². The van der Waals surface area contributed by atoms with E-state index in [9.17, 15) is 4.79 Å². The van der Waals surface area contributed by atoms with Crippen LogP contribution in [0.4, 0.5) is 0 Å². The third kappa shape index (κ3) is 5.45. The summed E-state index contributed by atoms with van der Waals surface area (Å²) in [4.78, 5) is 20.9. The predicted molar refractivity (Wildman–Crippen MR) is 92.3 cm³/mol. The number of carbonyl (C=O) groups is 1. The molecule has 1 amide bonds. The number of thiophene rings is 1. The first-order valence-electron chi connectivity index (χ1n) is 7.30. The smallest absolute Gasteiger partial charge is 0.243 e. The standard InChI is InChI=1S/C16H22N4O2S/c1-19(2)15(21)11-18-16(17-10-14-7-5-9-23-14)20(3)12-13-6-4-8-22-13/h4-9H,10-12H2,1-3H3,(H,17,18). The van der Waals surface area contributed by atoms with Gasteiger partial charge in [0.1, 0.15) is 12.3 Å². The van der Waals surface area contributed by atoms with E-state index in [2.05, 4.69) is 16.4 Å². The van der Waals surface area contributed by atoms with Crippen molar-refractivity contribution >= 4 is 23.2 Å². The second kappa shape index (κ2) is 8.38. The molecule has 0 spiro atoms. The lowest BCUT2D eigenvalue weighted by molar-refractivity contribution is -0.127. The van der Waals surface area contributed by atoms with E-state index in [1.54, 1.807) is 31.7 Å². The van der Waals surface area contributed by atoms with Crippen LogP contribution in [0, 0.1) is 0 Å². The summed E-state index contributed by atoms with van der Waals surface area (Å²) in [6, 6.07) is 7.85. The zero-order chi connectivity index (χ0) is 16.7. The Balaban J connectivity index is 2.02. The summed E-state index contributed by atoms with van der Waals surface area (Å²) in [5.41, 5.74) is 0. The normalized spacial score (nSPS) is 11.3. The van der Waals surface area contributed by atoms with Crippen LogP contribution >= 0.6 is 11.3 Å². The van der Waals surface area contributed by atoms with Crippen LogP contribution in [-0.4, -0.2) is 49.4 Å². The Morgan fingerprint density at radius 2 is 2.13 bits per heavy atom. The van der Waals surface area contributed by atoms with Crippen LogP contribution in [0.2, 0.25) is 0 Å². The summed E-state index contributed by atoms with van der Waals surface area (Å²) in [6.45, 7) is 1.37. The number of nitrogens with zero attached hydrogens (tertiary/aromatic N) is 3. The van der Waals surface area contributed by atoms with Gasteiger partial charge in [-0.3, -0.25) is 4.79 Å². The second-order valence-corrected chi connectivity index (χ2v) is 6.33. The second-order valence-electron chi connectivity index (χ2n) is 5.30. The summed E-state index contributed by atoms with van der Waals surface area (Å²) in [5, 5.41) is 5.34. The summed E-state index contributed by atoms with van der Waals surface area (Å²) >= 11 is 1.68. The SMILES string of the molecule is CN(C)C(=O)CN=C(NCc1cccs1)N(C)Cc1ccco1. The van der Waals surface area contributed by atoms with E-state index in [-0.39, 0.29) is 12.5 Å². The quantitative estimate of drug-likeness (QED) is 0.648. The molecule has 0 radical (unpaired) electrons. The summed E-state index contributed by atoms with van der Waals surface area (Å²) in [7, 11) is 5.37. The van der Waals surface area contributed by atoms with Gasteiger partial charge in [0.2, 0.25) is 5.91 Å². The average molecular weight is 334 g/mol. The number of amides is 1. The number of hydrogen-bond acceptors (Lipinski definition) is 4. The Kier molecular flexibility index (Phi) is 6.22. The highest BCUT2D eigenvalue weighted by Crippen LogP contribution is 2.08. The molecule has 0 bridgehead atoms. The van der Waals surface area contributed by atoms with Crippen LogP contribution in [0.25, 0.3) is 0 Å². The highest BCUT2D eigenvalue weighted by atomic mass is 32.1. The van der Waals surface area contributed by atoms with Crippen molar-refractivity contribution in [2.45, 2.75) is 13.1 Å². The predicted octanol–water partition coefficient (Wildman–Crippen LogP) is 2.01. The number of rotatable bonds is 6. The number of likely N-dealkylation sites (N-methyl/N-ethyl adjacent to an activating group) is 1. The fourth-order valence-electron chi connectivity index (χ4n) is 1.89. The summed E-state index contributed by atoms with van der Waals surface area (Å²) in [6.07, 6.45) is 1.65. The number of hydrogen-bond donors (Lipinski definition) is 1.